The Hall–Kier alpha value is 0.430. The van der Waals surface area contributed by atoms with Crippen molar-refractivity contribution in [3.63, 3.8) is 0 Å². The van der Waals surface area contributed by atoms with Gasteiger partial charge in [0.1, 0.15) is 4.34 Å². The van der Waals surface area contributed by atoms with E-state index in [9.17, 15) is 0 Å². The fourth-order valence-electron chi connectivity index (χ4n) is 2.08. The molecule has 1 aromatic rings. The lowest BCUT2D eigenvalue weighted by molar-refractivity contribution is 0.374. The van der Waals surface area contributed by atoms with E-state index in [4.69, 9.17) is 11.6 Å². The molecule has 1 aliphatic carbocycles. The fourth-order valence-corrected chi connectivity index (χ4v) is 4.04. The molecule has 1 N–H and O–H groups in total. The molecule has 0 amide bonds. The molecule has 2 unspecified atom stereocenters. The second kappa shape index (κ2) is 4.74. The van der Waals surface area contributed by atoms with E-state index >= 15 is 0 Å². The largest absolute Gasteiger partial charge is 0.312 e. The van der Waals surface area contributed by atoms with Gasteiger partial charge in [-0.25, -0.2) is 0 Å². The molecule has 1 fully saturated rings. The van der Waals surface area contributed by atoms with Gasteiger partial charge in [0.15, 0.2) is 0 Å². The van der Waals surface area contributed by atoms with Crippen molar-refractivity contribution < 1.29 is 0 Å². The first-order chi connectivity index (χ1) is 7.13. The van der Waals surface area contributed by atoms with Crippen molar-refractivity contribution in [2.24, 2.45) is 11.8 Å². The first-order valence-corrected chi connectivity index (χ1v) is 7.24. The van der Waals surface area contributed by atoms with Crippen LogP contribution in [-0.4, -0.2) is 7.05 Å². The van der Waals surface area contributed by atoms with Gasteiger partial charge in [-0.1, -0.05) is 18.5 Å². The zero-order chi connectivity index (χ0) is 11.0. The van der Waals surface area contributed by atoms with E-state index in [0.29, 0.717) is 12.0 Å². The van der Waals surface area contributed by atoms with Crippen LogP contribution < -0.4 is 5.32 Å². The highest BCUT2D eigenvalue weighted by atomic mass is 79.9. The van der Waals surface area contributed by atoms with Gasteiger partial charge in [-0.15, -0.1) is 11.3 Å². The van der Waals surface area contributed by atoms with Crippen LogP contribution in [0, 0.1) is 11.8 Å². The van der Waals surface area contributed by atoms with E-state index in [1.807, 2.05) is 7.05 Å². The number of nitrogens with one attached hydrogen (secondary N) is 1. The molecular weight excluding hydrogens is 294 g/mol. The molecule has 15 heavy (non-hydrogen) atoms. The second-order valence-electron chi connectivity index (χ2n) is 4.23. The standard InChI is InChI=1S/C11H15BrClNS/c1-6(7-3-4-7)10(14-2)9-5-8(12)11(13)15-9/h5-7,10,14H,3-4H2,1-2H3. The van der Waals surface area contributed by atoms with Gasteiger partial charge in [-0.05, 0) is 53.7 Å². The average molecular weight is 309 g/mol. The van der Waals surface area contributed by atoms with Crippen LogP contribution in [0.3, 0.4) is 0 Å². The van der Waals surface area contributed by atoms with Gasteiger partial charge in [-0.2, -0.15) is 0 Å². The summed E-state index contributed by atoms with van der Waals surface area (Å²) in [7, 11) is 2.03. The minimum atomic E-state index is 0.450. The van der Waals surface area contributed by atoms with Crippen LogP contribution in [0.1, 0.15) is 30.7 Å². The van der Waals surface area contributed by atoms with Crippen LogP contribution in [0.4, 0.5) is 0 Å². The summed E-state index contributed by atoms with van der Waals surface area (Å²) < 4.78 is 1.88. The summed E-state index contributed by atoms with van der Waals surface area (Å²) in [5.41, 5.74) is 0. The van der Waals surface area contributed by atoms with E-state index in [-0.39, 0.29) is 0 Å². The van der Waals surface area contributed by atoms with Gasteiger partial charge >= 0.3 is 0 Å². The highest BCUT2D eigenvalue weighted by Gasteiger charge is 2.34. The summed E-state index contributed by atoms with van der Waals surface area (Å²) in [5, 5.41) is 3.41. The van der Waals surface area contributed by atoms with Crippen molar-refractivity contribution in [2.45, 2.75) is 25.8 Å². The van der Waals surface area contributed by atoms with Crippen LogP contribution >= 0.6 is 38.9 Å². The van der Waals surface area contributed by atoms with E-state index < -0.39 is 0 Å². The molecule has 2 rings (SSSR count). The van der Waals surface area contributed by atoms with Crippen LogP contribution in [0.2, 0.25) is 4.34 Å². The molecule has 1 saturated carbocycles. The van der Waals surface area contributed by atoms with E-state index in [1.165, 1.54) is 17.7 Å². The van der Waals surface area contributed by atoms with Crippen molar-refractivity contribution in [1.82, 2.24) is 5.32 Å². The van der Waals surface area contributed by atoms with Gasteiger partial charge in [-0.3, -0.25) is 0 Å². The van der Waals surface area contributed by atoms with Gasteiger partial charge < -0.3 is 5.32 Å². The maximum absolute atomic E-state index is 6.07. The lowest BCUT2D eigenvalue weighted by atomic mass is 9.95. The highest BCUT2D eigenvalue weighted by Crippen LogP contribution is 2.45. The van der Waals surface area contributed by atoms with Crippen molar-refractivity contribution in [2.75, 3.05) is 7.05 Å². The molecule has 0 aliphatic heterocycles. The van der Waals surface area contributed by atoms with E-state index in [2.05, 4.69) is 34.2 Å². The van der Waals surface area contributed by atoms with Crippen molar-refractivity contribution in [3.05, 3.63) is 19.8 Å². The van der Waals surface area contributed by atoms with Crippen LogP contribution in [-0.2, 0) is 0 Å². The summed E-state index contributed by atoms with van der Waals surface area (Å²) in [6.07, 6.45) is 2.78. The molecule has 1 heterocycles. The topological polar surface area (TPSA) is 12.0 Å². The molecule has 1 aliphatic rings. The third kappa shape index (κ3) is 2.57. The minimum absolute atomic E-state index is 0.450. The van der Waals surface area contributed by atoms with Crippen LogP contribution in [0.25, 0.3) is 0 Å². The molecule has 0 aromatic carbocycles. The minimum Gasteiger partial charge on any atom is -0.312 e. The third-order valence-electron chi connectivity index (χ3n) is 3.17. The monoisotopic (exact) mass is 307 g/mol. The van der Waals surface area contributed by atoms with E-state index in [1.54, 1.807) is 11.3 Å². The number of rotatable bonds is 4. The smallest absolute Gasteiger partial charge is 0.107 e. The summed E-state index contributed by atoms with van der Waals surface area (Å²) >= 11 is 11.2. The van der Waals surface area contributed by atoms with E-state index in [0.717, 1.165) is 14.7 Å². The predicted octanol–water partition coefficient (Wildman–Crippen LogP) is 4.47. The molecule has 0 spiro atoms. The number of halogens is 2. The quantitative estimate of drug-likeness (QED) is 0.865. The lowest BCUT2D eigenvalue weighted by Crippen LogP contribution is -2.23. The molecule has 0 bridgehead atoms. The maximum Gasteiger partial charge on any atom is 0.107 e. The molecule has 1 aromatic heterocycles. The average Bonchev–Trinajstić information content (AvgIpc) is 2.97. The Kier molecular flexibility index (Phi) is 3.76. The Labute approximate surface area is 108 Å². The number of hydrogen-bond acceptors (Lipinski definition) is 2. The summed E-state index contributed by atoms with van der Waals surface area (Å²) in [4.78, 5) is 1.34. The molecule has 4 heteroatoms. The highest BCUT2D eigenvalue weighted by molar-refractivity contribution is 9.10. The zero-order valence-corrected chi connectivity index (χ0v) is 12.0. The number of hydrogen-bond donors (Lipinski definition) is 1. The summed E-state index contributed by atoms with van der Waals surface area (Å²) in [5.74, 6) is 1.61. The van der Waals surface area contributed by atoms with Gasteiger partial charge in [0.25, 0.3) is 0 Å². The molecule has 1 nitrogen and oxygen atoms in total. The molecule has 0 saturated heterocycles. The summed E-state index contributed by atoms with van der Waals surface area (Å²) in [6.45, 7) is 2.33. The van der Waals surface area contributed by atoms with Gasteiger partial charge in [0.05, 0.1) is 0 Å². The van der Waals surface area contributed by atoms with Crippen molar-refractivity contribution in [1.29, 1.82) is 0 Å². The Bertz CT molecular complexity index is 329. The second-order valence-corrected chi connectivity index (χ2v) is 6.77. The van der Waals surface area contributed by atoms with Crippen molar-refractivity contribution >= 4 is 38.9 Å². The normalized spacial score (nSPS) is 20.3. The Morgan fingerprint density at radius 1 is 1.60 bits per heavy atom. The first-order valence-electron chi connectivity index (χ1n) is 5.25. The molecule has 2 atom stereocenters. The zero-order valence-electron chi connectivity index (χ0n) is 8.89. The summed E-state index contributed by atoms with van der Waals surface area (Å²) in [6, 6.07) is 2.60. The molecule has 84 valence electrons. The number of thiophene rings is 1. The maximum atomic E-state index is 6.07. The Morgan fingerprint density at radius 2 is 2.27 bits per heavy atom. The Balaban J connectivity index is 2.17. The van der Waals surface area contributed by atoms with Gasteiger partial charge in [0, 0.05) is 15.4 Å². The third-order valence-corrected chi connectivity index (χ3v) is 5.73. The molecule has 0 radical (unpaired) electrons. The fraction of sp³-hybridized carbons (Fsp3) is 0.636. The van der Waals surface area contributed by atoms with Crippen LogP contribution in [0.5, 0.6) is 0 Å². The van der Waals surface area contributed by atoms with Gasteiger partial charge in [0.2, 0.25) is 0 Å². The first kappa shape index (κ1) is 11.9. The molecular formula is C11H15BrClNS. The predicted molar refractivity (Wildman–Crippen MR) is 70.7 cm³/mol. The van der Waals surface area contributed by atoms with Crippen LogP contribution in [0.15, 0.2) is 10.5 Å². The SMILES string of the molecule is CNC(c1cc(Br)c(Cl)s1)C(C)C1CC1. The van der Waals surface area contributed by atoms with Crippen molar-refractivity contribution in [3.8, 4) is 0 Å². The lowest BCUT2D eigenvalue weighted by Gasteiger charge is -2.22. The Morgan fingerprint density at radius 3 is 2.67 bits per heavy atom.